The summed E-state index contributed by atoms with van der Waals surface area (Å²) in [6.07, 6.45) is 1.13. The van der Waals surface area contributed by atoms with Crippen LogP contribution in [0.2, 0.25) is 0 Å². The third-order valence-electron chi connectivity index (χ3n) is 5.18. The van der Waals surface area contributed by atoms with Crippen molar-refractivity contribution in [3.05, 3.63) is 24.3 Å². The monoisotopic (exact) mass is 375 g/mol. The number of carbonyl (C=O) groups excluding carboxylic acids is 2. The Labute approximate surface area is 160 Å². The van der Waals surface area contributed by atoms with Crippen LogP contribution < -0.4 is 15.0 Å². The van der Waals surface area contributed by atoms with Gasteiger partial charge in [0.1, 0.15) is 5.75 Å². The van der Waals surface area contributed by atoms with E-state index in [-0.39, 0.29) is 24.4 Å². The minimum Gasteiger partial charge on any atom is -0.477 e. The lowest BCUT2D eigenvalue weighted by molar-refractivity contribution is -0.134. The van der Waals surface area contributed by atoms with Crippen LogP contribution in [0.5, 0.6) is 5.75 Å². The maximum absolute atomic E-state index is 12.7. The van der Waals surface area contributed by atoms with Crippen LogP contribution in [0.4, 0.5) is 5.69 Å². The average molecular weight is 375 g/mol. The van der Waals surface area contributed by atoms with Gasteiger partial charge in [-0.15, -0.1) is 0 Å². The summed E-state index contributed by atoms with van der Waals surface area (Å²) in [5, 5.41) is 3.05. The number of amides is 2. The van der Waals surface area contributed by atoms with Gasteiger partial charge in [-0.2, -0.15) is 0 Å². The van der Waals surface area contributed by atoms with E-state index in [2.05, 4.69) is 19.2 Å². The molecule has 0 radical (unpaired) electrons. The predicted molar refractivity (Wildman–Crippen MR) is 103 cm³/mol. The van der Waals surface area contributed by atoms with E-state index in [4.69, 9.17) is 9.47 Å². The van der Waals surface area contributed by atoms with E-state index in [0.717, 1.165) is 18.5 Å². The summed E-state index contributed by atoms with van der Waals surface area (Å²) in [6, 6.07) is 7.71. The molecule has 1 saturated heterocycles. The van der Waals surface area contributed by atoms with Gasteiger partial charge in [-0.25, -0.2) is 0 Å². The molecule has 148 valence electrons. The molecule has 2 heterocycles. The van der Waals surface area contributed by atoms with Gasteiger partial charge >= 0.3 is 0 Å². The van der Waals surface area contributed by atoms with Gasteiger partial charge in [0.25, 0.3) is 5.91 Å². The van der Waals surface area contributed by atoms with E-state index in [0.29, 0.717) is 38.6 Å². The Hall–Kier alpha value is -2.28. The topological polar surface area (TPSA) is 71.1 Å². The number of rotatable bonds is 6. The zero-order chi connectivity index (χ0) is 19.2. The summed E-state index contributed by atoms with van der Waals surface area (Å²) in [5.74, 6) is 0.569. The minimum absolute atomic E-state index is 0.0501. The number of anilines is 1. The molecule has 2 aliphatic rings. The average Bonchev–Trinajstić information content (AvgIpc) is 2.72. The van der Waals surface area contributed by atoms with Gasteiger partial charge < -0.3 is 24.6 Å². The number of nitrogens with zero attached hydrogens (tertiary/aromatic N) is 2. The maximum atomic E-state index is 12.7. The Morgan fingerprint density at radius 2 is 1.89 bits per heavy atom. The van der Waals surface area contributed by atoms with Crippen molar-refractivity contribution >= 4 is 17.5 Å². The van der Waals surface area contributed by atoms with E-state index >= 15 is 0 Å². The Morgan fingerprint density at radius 1 is 1.19 bits per heavy atom. The van der Waals surface area contributed by atoms with Crippen molar-refractivity contribution < 1.29 is 19.1 Å². The molecule has 1 aromatic rings. The normalized spacial score (nSPS) is 19.4. The standard InChI is InChI=1S/C20H29N3O4/c1-3-15(4-2)21-20(25)18-13-23(16-7-5-6-8-17(16)27-18)14-19(24)22-9-11-26-12-10-22/h5-8,15,18H,3-4,9-14H2,1-2H3,(H,21,25). The number of benzene rings is 1. The summed E-state index contributed by atoms with van der Waals surface area (Å²) >= 11 is 0. The molecular weight excluding hydrogens is 346 g/mol. The lowest BCUT2D eigenvalue weighted by atomic mass is 10.1. The van der Waals surface area contributed by atoms with Crippen molar-refractivity contribution in [2.45, 2.75) is 38.8 Å². The van der Waals surface area contributed by atoms with E-state index < -0.39 is 6.10 Å². The van der Waals surface area contributed by atoms with Gasteiger partial charge in [0.05, 0.1) is 32.0 Å². The Kier molecular flexibility index (Phi) is 6.55. The lowest BCUT2D eigenvalue weighted by Crippen LogP contribution is -2.53. The van der Waals surface area contributed by atoms with Crippen molar-refractivity contribution in [3.63, 3.8) is 0 Å². The quantitative estimate of drug-likeness (QED) is 0.814. The molecule has 27 heavy (non-hydrogen) atoms. The number of para-hydroxylation sites is 2. The van der Waals surface area contributed by atoms with Crippen LogP contribution in [-0.4, -0.2) is 68.3 Å². The Morgan fingerprint density at radius 3 is 2.59 bits per heavy atom. The fourth-order valence-corrected chi connectivity index (χ4v) is 3.46. The molecule has 1 aromatic carbocycles. The molecule has 0 saturated carbocycles. The van der Waals surface area contributed by atoms with Crippen LogP contribution in [0.15, 0.2) is 24.3 Å². The Balaban J connectivity index is 1.72. The number of ether oxygens (including phenoxy) is 2. The summed E-state index contributed by atoms with van der Waals surface area (Å²) in [6.45, 7) is 7.08. The van der Waals surface area contributed by atoms with Crippen molar-refractivity contribution in [3.8, 4) is 5.75 Å². The highest BCUT2D eigenvalue weighted by Crippen LogP contribution is 2.33. The molecule has 1 atom stereocenters. The highest BCUT2D eigenvalue weighted by atomic mass is 16.5. The van der Waals surface area contributed by atoms with Crippen LogP contribution >= 0.6 is 0 Å². The molecule has 0 aliphatic carbocycles. The van der Waals surface area contributed by atoms with Crippen molar-refractivity contribution in [2.75, 3.05) is 44.3 Å². The lowest BCUT2D eigenvalue weighted by Gasteiger charge is -2.37. The second-order valence-electron chi connectivity index (χ2n) is 6.97. The second-order valence-corrected chi connectivity index (χ2v) is 6.97. The van der Waals surface area contributed by atoms with Crippen LogP contribution in [0.25, 0.3) is 0 Å². The smallest absolute Gasteiger partial charge is 0.263 e. The van der Waals surface area contributed by atoms with Crippen LogP contribution in [-0.2, 0) is 14.3 Å². The van der Waals surface area contributed by atoms with Crippen molar-refractivity contribution in [2.24, 2.45) is 0 Å². The molecule has 7 heteroatoms. The van der Waals surface area contributed by atoms with Gasteiger partial charge in [0, 0.05) is 19.1 Å². The first-order chi connectivity index (χ1) is 13.1. The molecule has 0 aromatic heterocycles. The van der Waals surface area contributed by atoms with E-state index in [9.17, 15) is 9.59 Å². The number of hydrogen-bond acceptors (Lipinski definition) is 5. The molecule has 0 spiro atoms. The molecule has 2 amide bonds. The zero-order valence-corrected chi connectivity index (χ0v) is 16.1. The molecule has 1 fully saturated rings. The first-order valence-electron chi connectivity index (χ1n) is 9.78. The number of hydrogen-bond donors (Lipinski definition) is 1. The molecular formula is C20H29N3O4. The van der Waals surface area contributed by atoms with Crippen molar-refractivity contribution in [1.29, 1.82) is 0 Å². The molecule has 7 nitrogen and oxygen atoms in total. The maximum Gasteiger partial charge on any atom is 0.263 e. The fourth-order valence-electron chi connectivity index (χ4n) is 3.46. The fraction of sp³-hybridized carbons (Fsp3) is 0.600. The third kappa shape index (κ3) is 4.71. The van der Waals surface area contributed by atoms with Crippen LogP contribution in [0.3, 0.4) is 0 Å². The summed E-state index contributed by atoms with van der Waals surface area (Å²) in [4.78, 5) is 29.2. The predicted octanol–water partition coefficient (Wildman–Crippen LogP) is 1.42. The molecule has 2 aliphatic heterocycles. The van der Waals surface area contributed by atoms with Gasteiger partial charge in [-0.3, -0.25) is 9.59 Å². The highest BCUT2D eigenvalue weighted by molar-refractivity contribution is 5.86. The van der Waals surface area contributed by atoms with Crippen LogP contribution in [0.1, 0.15) is 26.7 Å². The largest absolute Gasteiger partial charge is 0.477 e. The number of nitrogens with one attached hydrogen (secondary N) is 1. The van der Waals surface area contributed by atoms with Gasteiger partial charge in [-0.05, 0) is 25.0 Å². The summed E-state index contributed by atoms with van der Waals surface area (Å²) in [7, 11) is 0. The van der Waals surface area contributed by atoms with Crippen molar-refractivity contribution in [1.82, 2.24) is 10.2 Å². The second kappa shape index (κ2) is 9.08. The van der Waals surface area contributed by atoms with E-state index in [1.54, 1.807) is 0 Å². The number of carbonyl (C=O) groups is 2. The SMILES string of the molecule is CCC(CC)NC(=O)C1CN(CC(=O)N2CCOCC2)c2ccccc2O1. The summed E-state index contributed by atoms with van der Waals surface area (Å²) < 4.78 is 11.3. The molecule has 0 bridgehead atoms. The highest BCUT2D eigenvalue weighted by Gasteiger charge is 2.33. The Bertz CT molecular complexity index is 656. The van der Waals surface area contributed by atoms with Gasteiger partial charge in [0.15, 0.2) is 6.10 Å². The molecule has 3 rings (SSSR count). The summed E-state index contributed by atoms with van der Waals surface area (Å²) in [5.41, 5.74) is 0.852. The minimum atomic E-state index is -0.627. The molecule has 1 unspecified atom stereocenters. The van der Waals surface area contributed by atoms with Gasteiger partial charge in [-0.1, -0.05) is 26.0 Å². The number of fused-ring (bicyclic) bond motifs is 1. The van der Waals surface area contributed by atoms with Crippen LogP contribution in [0, 0.1) is 0 Å². The first-order valence-corrected chi connectivity index (χ1v) is 9.78. The van der Waals surface area contributed by atoms with Gasteiger partial charge in [0.2, 0.25) is 5.91 Å². The number of morpholine rings is 1. The van der Waals surface area contributed by atoms with E-state index in [1.807, 2.05) is 34.1 Å². The third-order valence-corrected chi connectivity index (χ3v) is 5.18. The van der Waals surface area contributed by atoms with E-state index in [1.165, 1.54) is 0 Å². The first kappa shape index (κ1) is 19.5. The zero-order valence-electron chi connectivity index (χ0n) is 16.1. The molecule has 1 N–H and O–H groups in total.